The zero-order chi connectivity index (χ0) is 14.2. The summed E-state index contributed by atoms with van der Waals surface area (Å²) in [7, 11) is -3.54. The number of hydrogen-bond acceptors (Lipinski definition) is 4. The molecular weight excluding hydrogens is 264 g/mol. The number of nitrogens with two attached hydrogens (primary N) is 1. The molecule has 0 saturated carbocycles. The van der Waals surface area contributed by atoms with Crippen LogP contribution in [0.1, 0.15) is 25.0 Å². The highest BCUT2D eigenvalue weighted by Gasteiger charge is 2.37. The largest absolute Gasteiger partial charge is 0.398 e. The van der Waals surface area contributed by atoms with Gasteiger partial charge >= 0.3 is 0 Å². The van der Waals surface area contributed by atoms with Crippen LogP contribution in [0.2, 0.25) is 0 Å². The van der Waals surface area contributed by atoms with Crippen molar-refractivity contribution in [3.8, 4) is 0 Å². The van der Waals surface area contributed by atoms with Crippen molar-refractivity contribution in [1.29, 1.82) is 0 Å². The van der Waals surface area contributed by atoms with E-state index in [1.165, 1.54) is 4.31 Å². The molecule has 3 N–H and O–H groups in total. The standard InChI is InChI=1S/C13H20N2O3S/c1-3-9-5-12(14)11(4-2)13(6-9)19(17,18)15-7-10(16)8-15/h5-6,10,16H,3-4,7-8,14H2,1-2H3. The number of aliphatic hydroxyl groups is 1. The molecule has 106 valence electrons. The smallest absolute Gasteiger partial charge is 0.243 e. The topological polar surface area (TPSA) is 83.6 Å². The normalized spacial score (nSPS) is 17.4. The van der Waals surface area contributed by atoms with Gasteiger partial charge in [0.15, 0.2) is 0 Å². The van der Waals surface area contributed by atoms with Crippen LogP contribution < -0.4 is 5.73 Å². The van der Waals surface area contributed by atoms with Crippen molar-refractivity contribution in [2.24, 2.45) is 0 Å². The Bertz CT molecular complexity index is 578. The molecule has 1 aromatic carbocycles. The predicted octanol–water partition coefficient (Wildman–Crippen LogP) is 0.759. The van der Waals surface area contributed by atoms with Crippen LogP contribution in [0.15, 0.2) is 17.0 Å². The van der Waals surface area contributed by atoms with Crippen molar-refractivity contribution in [1.82, 2.24) is 4.31 Å². The van der Waals surface area contributed by atoms with Crippen molar-refractivity contribution < 1.29 is 13.5 Å². The van der Waals surface area contributed by atoms with Gasteiger partial charge in [0, 0.05) is 18.8 Å². The molecule has 1 heterocycles. The second-order valence-electron chi connectivity index (χ2n) is 4.84. The van der Waals surface area contributed by atoms with E-state index in [-0.39, 0.29) is 13.1 Å². The third kappa shape index (κ3) is 2.48. The van der Waals surface area contributed by atoms with Crippen LogP contribution in [0.25, 0.3) is 0 Å². The van der Waals surface area contributed by atoms with Crippen LogP contribution >= 0.6 is 0 Å². The van der Waals surface area contributed by atoms with Gasteiger partial charge in [0.1, 0.15) is 0 Å². The molecule has 0 unspecified atom stereocenters. The van der Waals surface area contributed by atoms with Crippen molar-refractivity contribution in [2.45, 2.75) is 37.7 Å². The number of β-amino-alcohol motifs (C(OH)–C–C–N with tert-alkyl or cyclic N) is 1. The van der Waals surface area contributed by atoms with Gasteiger partial charge in [0.25, 0.3) is 0 Å². The van der Waals surface area contributed by atoms with Crippen LogP contribution in [-0.2, 0) is 22.9 Å². The molecule has 5 nitrogen and oxygen atoms in total. The average molecular weight is 284 g/mol. The fourth-order valence-corrected chi connectivity index (χ4v) is 4.18. The van der Waals surface area contributed by atoms with E-state index in [0.29, 0.717) is 22.6 Å². The molecule has 1 saturated heterocycles. The Morgan fingerprint density at radius 1 is 1.32 bits per heavy atom. The maximum atomic E-state index is 12.5. The van der Waals surface area contributed by atoms with Crippen molar-refractivity contribution in [3.63, 3.8) is 0 Å². The highest BCUT2D eigenvalue weighted by Crippen LogP contribution is 2.29. The van der Waals surface area contributed by atoms with E-state index in [0.717, 1.165) is 12.0 Å². The Kier molecular flexibility index (Phi) is 3.85. The number of hydrogen-bond donors (Lipinski definition) is 2. The fourth-order valence-electron chi connectivity index (χ4n) is 2.29. The molecule has 0 aliphatic carbocycles. The summed E-state index contributed by atoms with van der Waals surface area (Å²) < 4.78 is 26.3. The lowest BCUT2D eigenvalue weighted by molar-refractivity contribution is 0.0547. The molecule has 1 fully saturated rings. The fraction of sp³-hybridized carbons (Fsp3) is 0.538. The van der Waals surface area contributed by atoms with Gasteiger partial charge in [-0.05, 0) is 36.1 Å². The molecule has 1 aromatic rings. The third-order valence-corrected chi connectivity index (χ3v) is 5.41. The lowest BCUT2D eigenvalue weighted by atomic mass is 10.1. The van der Waals surface area contributed by atoms with Gasteiger partial charge in [-0.25, -0.2) is 8.42 Å². The summed E-state index contributed by atoms with van der Waals surface area (Å²) in [5.74, 6) is 0. The van der Waals surface area contributed by atoms with Gasteiger partial charge < -0.3 is 10.8 Å². The van der Waals surface area contributed by atoms with Gasteiger partial charge in [-0.2, -0.15) is 4.31 Å². The molecule has 1 aliphatic heterocycles. The van der Waals surface area contributed by atoms with E-state index < -0.39 is 16.1 Å². The molecule has 6 heteroatoms. The number of nitrogen functional groups attached to an aromatic ring is 1. The van der Waals surface area contributed by atoms with Crippen molar-refractivity contribution >= 4 is 15.7 Å². The van der Waals surface area contributed by atoms with Gasteiger partial charge in [0.2, 0.25) is 10.0 Å². The summed E-state index contributed by atoms with van der Waals surface area (Å²) in [5, 5.41) is 9.28. The SMILES string of the molecule is CCc1cc(N)c(CC)c(S(=O)(=O)N2CC(O)C2)c1. The molecule has 0 aromatic heterocycles. The summed E-state index contributed by atoms with van der Waals surface area (Å²) in [4.78, 5) is 0.291. The molecule has 19 heavy (non-hydrogen) atoms. The zero-order valence-electron chi connectivity index (χ0n) is 11.3. The molecule has 0 bridgehead atoms. The second-order valence-corrected chi connectivity index (χ2v) is 6.75. The summed E-state index contributed by atoms with van der Waals surface area (Å²) in [6.07, 6.45) is 0.756. The third-order valence-electron chi connectivity index (χ3n) is 3.51. The highest BCUT2D eigenvalue weighted by atomic mass is 32.2. The lowest BCUT2D eigenvalue weighted by Gasteiger charge is -2.35. The number of benzene rings is 1. The van der Waals surface area contributed by atoms with E-state index in [1.807, 2.05) is 19.9 Å². The lowest BCUT2D eigenvalue weighted by Crippen LogP contribution is -2.53. The minimum absolute atomic E-state index is 0.168. The predicted molar refractivity (Wildman–Crippen MR) is 74.4 cm³/mol. The van der Waals surface area contributed by atoms with Crippen molar-refractivity contribution in [3.05, 3.63) is 23.3 Å². The number of nitrogens with zero attached hydrogens (tertiary/aromatic N) is 1. The zero-order valence-corrected chi connectivity index (χ0v) is 12.1. The number of aryl methyl sites for hydroxylation is 1. The number of sulfonamides is 1. The van der Waals surface area contributed by atoms with Crippen LogP contribution in [-0.4, -0.2) is 37.0 Å². The molecule has 0 spiro atoms. The van der Waals surface area contributed by atoms with Gasteiger partial charge in [0.05, 0.1) is 11.0 Å². The molecule has 0 amide bonds. The summed E-state index contributed by atoms with van der Waals surface area (Å²) in [5.41, 5.74) is 8.07. The quantitative estimate of drug-likeness (QED) is 0.800. The van der Waals surface area contributed by atoms with E-state index in [2.05, 4.69) is 0 Å². The minimum Gasteiger partial charge on any atom is -0.398 e. The van der Waals surface area contributed by atoms with E-state index in [1.54, 1.807) is 6.07 Å². The number of anilines is 1. The van der Waals surface area contributed by atoms with E-state index in [4.69, 9.17) is 5.73 Å². The first-order valence-electron chi connectivity index (χ1n) is 6.49. The van der Waals surface area contributed by atoms with Gasteiger partial charge in [-0.1, -0.05) is 13.8 Å². The van der Waals surface area contributed by atoms with Crippen molar-refractivity contribution in [2.75, 3.05) is 18.8 Å². The first-order valence-corrected chi connectivity index (χ1v) is 7.93. The number of rotatable bonds is 4. The molecule has 2 rings (SSSR count). The Hall–Kier alpha value is -1.11. The van der Waals surface area contributed by atoms with Crippen LogP contribution in [0.4, 0.5) is 5.69 Å². The molecule has 0 radical (unpaired) electrons. The van der Waals surface area contributed by atoms with Crippen LogP contribution in [0, 0.1) is 0 Å². The van der Waals surface area contributed by atoms with Gasteiger partial charge in [-0.15, -0.1) is 0 Å². The first kappa shape index (κ1) is 14.3. The first-order chi connectivity index (χ1) is 8.90. The highest BCUT2D eigenvalue weighted by molar-refractivity contribution is 7.89. The maximum absolute atomic E-state index is 12.5. The number of aliphatic hydroxyl groups excluding tert-OH is 1. The molecule has 1 aliphatic rings. The maximum Gasteiger partial charge on any atom is 0.243 e. The monoisotopic (exact) mass is 284 g/mol. The van der Waals surface area contributed by atoms with E-state index >= 15 is 0 Å². The second kappa shape index (κ2) is 5.11. The molecular formula is C13H20N2O3S. The summed E-state index contributed by atoms with van der Waals surface area (Å²) >= 11 is 0. The Morgan fingerprint density at radius 3 is 2.42 bits per heavy atom. The van der Waals surface area contributed by atoms with Gasteiger partial charge in [-0.3, -0.25) is 0 Å². The Balaban J connectivity index is 2.51. The van der Waals surface area contributed by atoms with E-state index in [9.17, 15) is 13.5 Å². The Morgan fingerprint density at radius 2 is 1.95 bits per heavy atom. The Labute approximate surface area is 114 Å². The molecule has 0 atom stereocenters. The minimum atomic E-state index is -3.54. The van der Waals surface area contributed by atoms with Crippen LogP contribution in [0.3, 0.4) is 0 Å². The van der Waals surface area contributed by atoms with Crippen LogP contribution in [0.5, 0.6) is 0 Å². The summed E-state index contributed by atoms with van der Waals surface area (Å²) in [6, 6.07) is 3.54. The average Bonchev–Trinajstić information content (AvgIpc) is 2.33. The summed E-state index contributed by atoms with van der Waals surface area (Å²) in [6.45, 7) is 4.19.